The lowest BCUT2D eigenvalue weighted by Gasteiger charge is -2.27. The van der Waals surface area contributed by atoms with E-state index in [2.05, 4.69) is 0 Å². The molecule has 0 unspecified atom stereocenters. The number of rotatable bonds is 0. The first kappa shape index (κ1) is 8.88. The average molecular weight is 210 g/mol. The fraction of sp³-hybridized carbons (Fsp3) is 0.700. The highest BCUT2D eigenvalue weighted by Crippen LogP contribution is 2.44. The molecule has 5 nitrogen and oxygen atoms in total. The summed E-state index contributed by atoms with van der Waals surface area (Å²) >= 11 is 0. The second-order valence-corrected chi connectivity index (χ2v) is 4.35. The Morgan fingerprint density at radius 2 is 1.60 bits per heavy atom. The van der Waals surface area contributed by atoms with E-state index in [9.17, 15) is 14.4 Å². The minimum absolute atomic E-state index is 0.0328. The summed E-state index contributed by atoms with van der Waals surface area (Å²) in [6.07, 6.45) is 0.341. The molecule has 2 heterocycles. The molecule has 0 bridgehead atoms. The number of hydrogen-bond acceptors (Lipinski definition) is 5. The first-order valence-corrected chi connectivity index (χ1v) is 5.04. The number of ketones is 1. The second kappa shape index (κ2) is 2.81. The smallest absolute Gasteiger partial charge is 0.310 e. The van der Waals surface area contributed by atoms with Gasteiger partial charge in [0, 0.05) is 12.3 Å². The van der Waals surface area contributed by atoms with Crippen LogP contribution in [-0.2, 0) is 23.9 Å². The molecule has 2 aliphatic heterocycles. The van der Waals surface area contributed by atoms with Crippen molar-refractivity contribution in [3.05, 3.63) is 0 Å². The first-order chi connectivity index (χ1) is 7.18. The van der Waals surface area contributed by atoms with E-state index in [0.717, 1.165) is 0 Å². The van der Waals surface area contributed by atoms with Crippen molar-refractivity contribution in [1.82, 2.24) is 0 Å². The SMILES string of the molecule is O=C1OC[C@H]2C(=O)C[C@@H]3COC(=O)[C@@H]3[C@@H]12. The Morgan fingerprint density at radius 3 is 2.40 bits per heavy atom. The van der Waals surface area contributed by atoms with Crippen LogP contribution in [-0.4, -0.2) is 30.9 Å². The molecule has 4 atom stereocenters. The molecule has 15 heavy (non-hydrogen) atoms. The van der Waals surface area contributed by atoms with Gasteiger partial charge in [0.25, 0.3) is 0 Å². The highest BCUT2D eigenvalue weighted by Gasteiger charge is 2.58. The maximum absolute atomic E-state index is 11.7. The molecule has 5 heteroatoms. The lowest BCUT2D eigenvalue weighted by Crippen LogP contribution is -2.42. The minimum atomic E-state index is -0.578. The summed E-state index contributed by atoms with van der Waals surface area (Å²) in [7, 11) is 0. The number of carbonyl (C=O) groups excluding carboxylic acids is 3. The molecule has 0 N–H and O–H groups in total. The summed E-state index contributed by atoms with van der Waals surface area (Å²) in [5.41, 5.74) is 0. The Kier molecular flexibility index (Phi) is 1.66. The van der Waals surface area contributed by atoms with E-state index >= 15 is 0 Å². The standard InChI is InChI=1S/C10H10O5/c11-6-1-4-2-14-9(12)7(4)8-5(6)3-15-10(8)13/h4-5,7-8H,1-3H2/t4-,5+,7+,8+/m1/s1. The number of carbonyl (C=O) groups is 3. The van der Waals surface area contributed by atoms with Crippen molar-refractivity contribution < 1.29 is 23.9 Å². The predicted octanol–water partition coefficient (Wildman–Crippen LogP) is -0.462. The Morgan fingerprint density at radius 1 is 0.933 bits per heavy atom. The van der Waals surface area contributed by atoms with Crippen LogP contribution in [0.1, 0.15) is 6.42 Å². The van der Waals surface area contributed by atoms with Gasteiger partial charge in [0.05, 0.1) is 24.4 Å². The molecule has 0 aromatic carbocycles. The number of ether oxygens (including phenoxy) is 2. The summed E-state index contributed by atoms with van der Waals surface area (Å²) in [5.74, 6) is -2.27. The molecular weight excluding hydrogens is 200 g/mol. The van der Waals surface area contributed by atoms with Gasteiger partial charge in [0.2, 0.25) is 0 Å². The van der Waals surface area contributed by atoms with Gasteiger partial charge in [0.1, 0.15) is 12.4 Å². The zero-order valence-electron chi connectivity index (χ0n) is 7.97. The summed E-state index contributed by atoms with van der Waals surface area (Å²) in [4.78, 5) is 34.6. The molecule has 0 aromatic heterocycles. The zero-order chi connectivity index (χ0) is 10.6. The summed E-state index contributed by atoms with van der Waals surface area (Å²) in [5, 5.41) is 0. The van der Waals surface area contributed by atoms with Crippen LogP contribution in [0.3, 0.4) is 0 Å². The largest absolute Gasteiger partial charge is 0.465 e. The van der Waals surface area contributed by atoms with Gasteiger partial charge in [-0.3, -0.25) is 14.4 Å². The molecular formula is C10H10O5. The highest BCUT2D eigenvalue weighted by molar-refractivity contribution is 5.95. The van der Waals surface area contributed by atoms with Crippen molar-refractivity contribution in [2.45, 2.75) is 6.42 Å². The summed E-state index contributed by atoms with van der Waals surface area (Å²) in [6.45, 7) is 0.407. The molecule has 0 amide bonds. The third kappa shape index (κ3) is 1.06. The van der Waals surface area contributed by atoms with Crippen LogP contribution in [0, 0.1) is 23.7 Å². The van der Waals surface area contributed by atoms with Gasteiger partial charge in [0.15, 0.2) is 0 Å². The molecule has 1 saturated carbocycles. The molecule has 3 aliphatic rings. The van der Waals surface area contributed by atoms with Crippen molar-refractivity contribution in [3.63, 3.8) is 0 Å². The Hall–Kier alpha value is -1.39. The highest BCUT2D eigenvalue weighted by atomic mass is 16.5. The Bertz CT molecular complexity index is 361. The predicted molar refractivity (Wildman–Crippen MR) is 45.5 cm³/mol. The third-order valence-electron chi connectivity index (χ3n) is 3.59. The van der Waals surface area contributed by atoms with E-state index < -0.39 is 23.7 Å². The topological polar surface area (TPSA) is 69.7 Å². The van der Waals surface area contributed by atoms with Crippen molar-refractivity contribution in [1.29, 1.82) is 0 Å². The number of Topliss-reactive ketones (excluding diaryl/α,β-unsaturated/α-hetero) is 1. The number of cyclic esters (lactones) is 2. The van der Waals surface area contributed by atoms with Gasteiger partial charge < -0.3 is 9.47 Å². The zero-order valence-corrected chi connectivity index (χ0v) is 7.97. The fourth-order valence-corrected chi connectivity index (χ4v) is 2.84. The minimum Gasteiger partial charge on any atom is -0.465 e. The molecule has 0 aromatic rings. The van der Waals surface area contributed by atoms with Crippen LogP contribution in [0.5, 0.6) is 0 Å². The number of esters is 2. The Balaban J connectivity index is 2.00. The van der Waals surface area contributed by atoms with Crippen LogP contribution in [0.15, 0.2) is 0 Å². The van der Waals surface area contributed by atoms with Crippen molar-refractivity contribution in [3.8, 4) is 0 Å². The van der Waals surface area contributed by atoms with E-state index in [0.29, 0.717) is 6.42 Å². The van der Waals surface area contributed by atoms with Gasteiger partial charge in [-0.15, -0.1) is 0 Å². The van der Waals surface area contributed by atoms with Crippen molar-refractivity contribution in [2.75, 3.05) is 13.2 Å². The average Bonchev–Trinajstić information content (AvgIpc) is 2.72. The maximum Gasteiger partial charge on any atom is 0.310 e. The fourth-order valence-electron chi connectivity index (χ4n) is 2.84. The molecule has 0 spiro atoms. The maximum atomic E-state index is 11.7. The van der Waals surface area contributed by atoms with Gasteiger partial charge in [-0.2, -0.15) is 0 Å². The monoisotopic (exact) mass is 210 g/mol. The molecule has 3 rings (SSSR count). The van der Waals surface area contributed by atoms with E-state index in [4.69, 9.17) is 9.47 Å². The molecule has 2 saturated heterocycles. The van der Waals surface area contributed by atoms with Crippen molar-refractivity contribution in [2.24, 2.45) is 23.7 Å². The van der Waals surface area contributed by atoms with Gasteiger partial charge in [-0.1, -0.05) is 0 Å². The van der Waals surface area contributed by atoms with E-state index in [-0.39, 0.29) is 30.9 Å². The molecule has 0 radical (unpaired) electrons. The number of fused-ring (bicyclic) bond motifs is 3. The first-order valence-electron chi connectivity index (χ1n) is 5.04. The Labute approximate surface area is 85.7 Å². The second-order valence-electron chi connectivity index (χ2n) is 4.35. The normalized spacial score (nSPS) is 43.3. The van der Waals surface area contributed by atoms with Crippen molar-refractivity contribution >= 4 is 17.7 Å². The van der Waals surface area contributed by atoms with E-state index in [1.54, 1.807) is 0 Å². The van der Waals surface area contributed by atoms with Crippen LogP contribution in [0.4, 0.5) is 0 Å². The van der Waals surface area contributed by atoms with Gasteiger partial charge >= 0.3 is 11.9 Å². The van der Waals surface area contributed by atoms with Gasteiger partial charge in [-0.05, 0) is 0 Å². The van der Waals surface area contributed by atoms with Gasteiger partial charge in [-0.25, -0.2) is 0 Å². The quantitative estimate of drug-likeness (QED) is 0.506. The lowest BCUT2D eigenvalue weighted by atomic mass is 9.68. The van der Waals surface area contributed by atoms with Crippen LogP contribution >= 0.6 is 0 Å². The molecule has 3 fully saturated rings. The van der Waals surface area contributed by atoms with Crippen LogP contribution in [0.2, 0.25) is 0 Å². The summed E-state index contributed by atoms with van der Waals surface area (Å²) in [6, 6.07) is 0. The number of hydrogen-bond donors (Lipinski definition) is 0. The van der Waals surface area contributed by atoms with Crippen LogP contribution < -0.4 is 0 Å². The van der Waals surface area contributed by atoms with E-state index in [1.807, 2.05) is 0 Å². The molecule has 80 valence electrons. The molecule has 1 aliphatic carbocycles. The summed E-state index contributed by atoms with van der Waals surface area (Å²) < 4.78 is 9.77. The lowest BCUT2D eigenvalue weighted by molar-refractivity contribution is -0.151. The van der Waals surface area contributed by atoms with E-state index in [1.165, 1.54) is 0 Å². The van der Waals surface area contributed by atoms with Crippen LogP contribution in [0.25, 0.3) is 0 Å². The third-order valence-corrected chi connectivity index (χ3v) is 3.59.